The molecule has 4 rings (SSSR count). The van der Waals surface area contributed by atoms with Gasteiger partial charge in [0.25, 0.3) is 0 Å². The summed E-state index contributed by atoms with van der Waals surface area (Å²) in [5.41, 5.74) is -1.32. The maximum atomic E-state index is 14.7. The van der Waals surface area contributed by atoms with Crippen molar-refractivity contribution in [1.29, 1.82) is 0 Å². The molecule has 1 nitrogen and oxygen atoms in total. The molecule has 190 valence electrons. The molecule has 1 saturated carbocycles. The summed E-state index contributed by atoms with van der Waals surface area (Å²) in [5, 5.41) is 0. The van der Waals surface area contributed by atoms with E-state index in [2.05, 4.69) is 11.7 Å². The Hall–Kier alpha value is -2.35. The van der Waals surface area contributed by atoms with Crippen LogP contribution in [0.15, 0.2) is 42.5 Å². The molecule has 2 aromatic rings. The van der Waals surface area contributed by atoms with Crippen molar-refractivity contribution in [2.45, 2.75) is 52.1 Å². The van der Waals surface area contributed by atoms with Gasteiger partial charge in [-0.25, -0.2) is 17.6 Å². The minimum absolute atomic E-state index is 0. The number of rotatable bonds is 5. The fourth-order valence-corrected chi connectivity index (χ4v) is 4.81. The highest BCUT2D eigenvalue weighted by molar-refractivity contribution is 7.59. The molecule has 1 unspecified atom stereocenters. The minimum atomic E-state index is -4.49. The lowest BCUT2D eigenvalue weighted by molar-refractivity contribution is -0.189. The van der Waals surface area contributed by atoms with E-state index < -0.39 is 40.7 Å². The van der Waals surface area contributed by atoms with Crippen molar-refractivity contribution in [2.24, 2.45) is 17.8 Å². The van der Waals surface area contributed by atoms with Gasteiger partial charge in [0.2, 0.25) is 0 Å². The number of benzene rings is 2. The Labute approximate surface area is 208 Å². The van der Waals surface area contributed by atoms with Crippen LogP contribution in [0, 0.1) is 47.9 Å². The van der Waals surface area contributed by atoms with E-state index in [0.717, 1.165) is 44.2 Å². The molecule has 0 aliphatic heterocycles. The van der Waals surface area contributed by atoms with Crippen LogP contribution in [0.1, 0.15) is 55.7 Å². The summed E-state index contributed by atoms with van der Waals surface area (Å²) in [6.45, 7) is 3.38. The van der Waals surface area contributed by atoms with E-state index in [0.29, 0.717) is 29.5 Å². The van der Waals surface area contributed by atoms with Gasteiger partial charge in [-0.15, -0.1) is 0 Å². The second-order valence-electron chi connectivity index (χ2n) is 9.38. The van der Waals surface area contributed by atoms with E-state index >= 15 is 0 Å². The van der Waals surface area contributed by atoms with E-state index in [-0.39, 0.29) is 24.6 Å². The van der Waals surface area contributed by atoms with Gasteiger partial charge in [-0.2, -0.15) is 22.3 Å². The summed E-state index contributed by atoms with van der Waals surface area (Å²) < 4.78 is 90.3. The standard InChI is InChI=1S/C27H26F6O.H2S/c1-15-3-5-17(6-4-15)18-7-9-19(10-8-18)20-11-24(30)26(25(31)12-20)27(32,33)34-21-13-22(28)16(2)23(29)14-21;/h7,9-15,17-18H,3-6,8H2,1-2H3;1H2. The first-order valence-electron chi connectivity index (χ1n) is 11.5. The summed E-state index contributed by atoms with van der Waals surface area (Å²) in [4.78, 5) is 0. The van der Waals surface area contributed by atoms with Crippen molar-refractivity contribution in [3.05, 3.63) is 82.5 Å². The Bertz CT molecular complexity index is 1090. The maximum Gasteiger partial charge on any atom is 0.432 e. The Balaban J connectivity index is 0.00000342. The second kappa shape index (κ2) is 10.7. The molecular formula is C27H28F6OS. The van der Waals surface area contributed by atoms with Gasteiger partial charge in [0.05, 0.1) is 0 Å². The monoisotopic (exact) mass is 514 g/mol. The van der Waals surface area contributed by atoms with Crippen LogP contribution in [0.2, 0.25) is 0 Å². The van der Waals surface area contributed by atoms with Crippen molar-refractivity contribution in [1.82, 2.24) is 0 Å². The number of hydrogen-bond acceptors (Lipinski definition) is 1. The van der Waals surface area contributed by atoms with E-state index in [1.807, 2.05) is 12.2 Å². The molecule has 2 aliphatic rings. The minimum Gasteiger partial charge on any atom is -0.429 e. The van der Waals surface area contributed by atoms with Crippen LogP contribution in [0.25, 0.3) is 5.57 Å². The van der Waals surface area contributed by atoms with Gasteiger partial charge in [-0.1, -0.05) is 38.0 Å². The summed E-state index contributed by atoms with van der Waals surface area (Å²) in [6, 6.07) is 2.73. The second-order valence-corrected chi connectivity index (χ2v) is 9.38. The number of halogens is 6. The van der Waals surface area contributed by atoms with Gasteiger partial charge in [0.15, 0.2) is 0 Å². The van der Waals surface area contributed by atoms with Crippen molar-refractivity contribution in [3.63, 3.8) is 0 Å². The van der Waals surface area contributed by atoms with Gasteiger partial charge in [0, 0.05) is 17.7 Å². The Morgan fingerprint density at radius 3 is 1.94 bits per heavy atom. The third-order valence-electron chi connectivity index (χ3n) is 6.97. The largest absolute Gasteiger partial charge is 0.432 e. The lowest BCUT2D eigenvalue weighted by atomic mass is 9.73. The zero-order chi connectivity index (χ0) is 24.6. The Morgan fingerprint density at radius 2 is 1.43 bits per heavy atom. The molecule has 0 aromatic heterocycles. The molecule has 1 fully saturated rings. The summed E-state index contributed by atoms with van der Waals surface area (Å²) in [7, 11) is 0. The van der Waals surface area contributed by atoms with Gasteiger partial charge >= 0.3 is 6.11 Å². The van der Waals surface area contributed by atoms with Crippen LogP contribution in [0.3, 0.4) is 0 Å². The van der Waals surface area contributed by atoms with Crippen molar-refractivity contribution in [3.8, 4) is 5.75 Å². The summed E-state index contributed by atoms with van der Waals surface area (Å²) in [6.07, 6.45) is 6.64. The first kappa shape index (κ1) is 27.2. The molecule has 8 heteroatoms. The van der Waals surface area contributed by atoms with Crippen LogP contribution in [-0.4, -0.2) is 0 Å². The van der Waals surface area contributed by atoms with Crippen LogP contribution in [0.4, 0.5) is 26.3 Å². The number of allylic oxidation sites excluding steroid dienone is 4. The average molecular weight is 515 g/mol. The third kappa shape index (κ3) is 5.90. The number of hydrogen-bond donors (Lipinski definition) is 0. The van der Waals surface area contributed by atoms with Crippen LogP contribution in [-0.2, 0) is 6.11 Å². The predicted octanol–water partition coefficient (Wildman–Crippen LogP) is 8.58. The number of ether oxygens (including phenoxy) is 1. The predicted molar refractivity (Wildman–Crippen MR) is 129 cm³/mol. The van der Waals surface area contributed by atoms with E-state index in [4.69, 9.17) is 0 Å². The van der Waals surface area contributed by atoms with Crippen molar-refractivity contribution < 1.29 is 31.1 Å². The zero-order valence-corrected chi connectivity index (χ0v) is 20.5. The SMILES string of the molecule is Cc1c(F)cc(OC(F)(F)c2c(F)cc(C3=CCC(C4CCC(C)CC4)C=C3)cc2F)cc1F.S. The van der Waals surface area contributed by atoms with Gasteiger partial charge in [0.1, 0.15) is 34.6 Å². The van der Waals surface area contributed by atoms with E-state index in [1.165, 1.54) is 12.8 Å². The molecule has 2 aromatic carbocycles. The van der Waals surface area contributed by atoms with Gasteiger partial charge < -0.3 is 4.74 Å². The van der Waals surface area contributed by atoms with E-state index in [9.17, 15) is 26.3 Å². The fraction of sp³-hybridized carbons (Fsp3) is 0.407. The first-order valence-corrected chi connectivity index (χ1v) is 11.5. The molecule has 0 N–H and O–H groups in total. The molecule has 0 bridgehead atoms. The first-order chi connectivity index (χ1) is 16.0. The quantitative estimate of drug-likeness (QED) is 0.363. The highest BCUT2D eigenvalue weighted by Crippen LogP contribution is 2.40. The maximum absolute atomic E-state index is 14.7. The van der Waals surface area contributed by atoms with Crippen molar-refractivity contribution in [2.75, 3.05) is 0 Å². The Kier molecular flexibility index (Phi) is 8.35. The summed E-state index contributed by atoms with van der Waals surface area (Å²) >= 11 is 0. The third-order valence-corrected chi connectivity index (χ3v) is 6.97. The smallest absolute Gasteiger partial charge is 0.429 e. The molecular weight excluding hydrogens is 486 g/mol. The van der Waals surface area contributed by atoms with Crippen molar-refractivity contribution >= 4 is 19.1 Å². The van der Waals surface area contributed by atoms with Crippen LogP contribution in [0.5, 0.6) is 5.75 Å². The average Bonchev–Trinajstić information content (AvgIpc) is 2.77. The lowest BCUT2D eigenvalue weighted by Crippen LogP contribution is -2.25. The lowest BCUT2D eigenvalue weighted by Gasteiger charge is -2.32. The molecule has 0 radical (unpaired) electrons. The molecule has 1 atom stereocenters. The highest BCUT2D eigenvalue weighted by atomic mass is 32.1. The molecule has 0 saturated heterocycles. The zero-order valence-electron chi connectivity index (χ0n) is 19.5. The van der Waals surface area contributed by atoms with Gasteiger partial charge in [-0.05, 0) is 67.2 Å². The van der Waals surface area contributed by atoms with Crippen LogP contribution >= 0.6 is 13.5 Å². The molecule has 2 aliphatic carbocycles. The highest BCUT2D eigenvalue weighted by Gasteiger charge is 2.41. The number of alkyl halides is 2. The Morgan fingerprint density at radius 1 is 0.857 bits per heavy atom. The molecule has 35 heavy (non-hydrogen) atoms. The molecule has 0 heterocycles. The topological polar surface area (TPSA) is 9.23 Å². The van der Waals surface area contributed by atoms with E-state index in [1.54, 1.807) is 6.08 Å². The summed E-state index contributed by atoms with van der Waals surface area (Å²) in [5.74, 6) is -4.44. The van der Waals surface area contributed by atoms with Gasteiger partial charge in [-0.3, -0.25) is 0 Å². The fourth-order valence-electron chi connectivity index (χ4n) is 4.81. The van der Waals surface area contributed by atoms with Crippen LogP contribution < -0.4 is 4.74 Å². The normalized spacial score (nSPS) is 22.4. The molecule has 0 amide bonds. The molecule has 0 spiro atoms.